The SMILES string of the molecule is CCc1nn(C)cc1C(=O)NCC1CCCC1C(=O)O. The fourth-order valence-corrected chi connectivity index (χ4v) is 2.91. The molecule has 0 aromatic carbocycles. The standard InChI is InChI=1S/C14H21N3O3/c1-3-12-11(8-17(2)16-12)13(18)15-7-9-5-4-6-10(9)14(19)20/h8-10H,3-7H2,1-2H3,(H,15,18)(H,19,20). The monoisotopic (exact) mass is 279 g/mol. The van der Waals surface area contributed by atoms with Gasteiger partial charge in [-0.2, -0.15) is 5.10 Å². The average Bonchev–Trinajstić information content (AvgIpc) is 3.01. The lowest BCUT2D eigenvalue weighted by Gasteiger charge is -2.16. The molecule has 2 atom stereocenters. The van der Waals surface area contributed by atoms with E-state index in [9.17, 15) is 9.59 Å². The number of aromatic nitrogens is 2. The van der Waals surface area contributed by atoms with Crippen LogP contribution in [0.1, 0.15) is 42.2 Å². The van der Waals surface area contributed by atoms with E-state index in [-0.39, 0.29) is 17.7 Å². The van der Waals surface area contributed by atoms with Crippen molar-refractivity contribution in [3.05, 3.63) is 17.5 Å². The van der Waals surface area contributed by atoms with Crippen LogP contribution < -0.4 is 5.32 Å². The second-order valence-electron chi connectivity index (χ2n) is 5.36. The third-order valence-electron chi connectivity index (χ3n) is 3.99. The van der Waals surface area contributed by atoms with Crippen molar-refractivity contribution in [2.75, 3.05) is 6.54 Å². The molecule has 2 rings (SSSR count). The molecule has 1 fully saturated rings. The Morgan fingerprint density at radius 3 is 2.90 bits per heavy atom. The molecule has 2 N–H and O–H groups in total. The Morgan fingerprint density at radius 2 is 2.25 bits per heavy atom. The lowest BCUT2D eigenvalue weighted by Crippen LogP contribution is -2.33. The number of rotatable bonds is 5. The summed E-state index contributed by atoms with van der Waals surface area (Å²) in [6.07, 6.45) is 4.90. The van der Waals surface area contributed by atoms with Crippen LogP contribution in [0.4, 0.5) is 0 Å². The van der Waals surface area contributed by atoms with Crippen LogP contribution in [0.15, 0.2) is 6.20 Å². The van der Waals surface area contributed by atoms with Crippen LogP contribution >= 0.6 is 0 Å². The number of amides is 1. The van der Waals surface area contributed by atoms with Gasteiger partial charge < -0.3 is 10.4 Å². The number of carboxylic acid groups (broad SMARTS) is 1. The maximum atomic E-state index is 12.2. The first-order valence-electron chi connectivity index (χ1n) is 7.06. The second-order valence-corrected chi connectivity index (χ2v) is 5.36. The highest BCUT2D eigenvalue weighted by molar-refractivity contribution is 5.95. The minimum Gasteiger partial charge on any atom is -0.481 e. The zero-order valence-electron chi connectivity index (χ0n) is 11.9. The minimum atomic E-state index is -0.752. The van der Waals surface area contributed by atoms with Crippen LogP contribution in [0.2, 0.25) is 0 Å². The van der Waals surface area contributed by atoms with E-state index in [0.717, 1.165) is 18.5 Å². The van der Waals surface area contributed by atoms with Crippen LogP contribution in [0, 0.1) is 11.8 Å². The number of hydrogen-bond donors (Lipinski definition) is 2. The third-order valence-corrected chi connectivity index (χ3v) is 3.99. The van der Waals surface area contributed by atoms with Crippen molar-refractivity contribution in [2.45, 2.75) is 32.6 Å². The smallest absolute Gasteiger partial charge is 0.306 e. The lowest BCUT2D eigenvalue weighted by atomic mass is 9.96. The van der Waals surface area contributed by atoms with E-state index in [0.29, 0.717) is 24.9 Å². The molecule has 0 radical (unpaired) electrons. The maximum Gasteiger partial charge on any atom is 0.306 e. The summed E-state index contributed by atoms with van der Waals surface area (Å²) in [6, 6.07) is 0. The van der Waals surface area contributed by atoms with Gasteiger partial charge in [0.25, 0.3) is 5.91 Å². The highest BCUT2D eigenvalue weighted by Gasteiger charge is 2.33. The van der Waals surface area contributed by atoms with Gasteiger partial charge in [-0.25, -0.2) is 0 Å². The summed E-state index contributed by atoms with van der Waals surface area (Å²) in [7, 11) is 1.79. The number of carboxylic acids is 1. The first-order valence-corrected chi connectivity index (χ1v) is 7.06. The van der Waals surface area contributed by atoms with Crippen molar-refractivity contribution >= 4 is 11.9 Å². The van der Waals surface area contributed by atoms with Gasteiger partial charge in [0.1, 0.15) is 0 Å². The third kappa shape index (κ3) is 3.00. The molecule has 1 aromatic heterocycles. The normalized spacial score (nSPS) is 21.9. The maximum absolute atomic E-state index is 12.2. The first-order chi connectivity index (χ1) is 9.52. The van der Waals surface area contributed by atoms with Gasteiger partial charge in [-0.3, -0.25) is 14.3 Å². The highest BCUT2D eigenvalue weighted by atomic mass is 16.4. The van der Waals surface area contributed by atoms with E-state index in [2.05, 4.69) is 10.4 Å². The Labute approximate surface area is 118 Å². The topological polar surface area (TPSA) is 84.2 Å². The molecule has 1 saturated carbocycles. The summed E-state index contributed by atoms with van der Waals surface area (Å²) in [5, 5.41) is 16.2. The Morgan fingerprint density at radius 1 is 1.50 bits per heavy atom. The molecule has 20 heavy (non-hydrogen) atoms. The zero-order chi connectivity index (χ0) is 14.7. The van der Waals surface area contributed by atoms with Crippen LogP contribution in [0.3, 0.4) is 0 Å². The van der Waals surface area contributed by atoms with Gasteiger partial charge in [0, 0.05) is 19.8 Å². The summed E-state index contributed by atoms with van der Waals surface area (Å²) >= 11 is 0. The fraction of sp³-hybridized carbons (Fsp3) is 0.643. The van der Waals surface area contributed by atoms with Gasteiger partial charge in [-0.1, -0.05) is 13.3 Å². The first kappa shape index (κ1) is 14.6. The summed E-state index contributed by atoms with van der Waals surface area (Å²) in [5.41, 5.74) is 1.35. The molecule has 1 heterocycles. The van der Waals surface area contributed by atoms with Gasteiger partial charge in [0.2, 0.25) is 0 Å². The predicted octanol–water partition coefficient (Wildman–Crippen LogP) is 1.21. The Hall–Kier alpha value is -1.85. The number of aryl methyl sites for hydroxylation is 2. The van der Waals surface area contributed by atoms with Gasteiger partial charge in [-0.05, 0) is 25.2 Å². The van der Waals surface area contributed by atoms with Crippen molar-refractivity contribution in [3.63, 3.8) is 0 Å². The number of nitrogens with zero attached hydrogens (tertiary/aromatic N) is 2. The van der Waals surface area contributed by atoms with Gasteiger partial charge in [-0.15, -0.1) is 0 Å². The molecule has 2 unspecified atom stereocenters. The highest BCUT2D eigenvalue weighted by Crippen LogP contribution is 2.31. The Balaban J connectivity index is 1.96. The molecule has 1 aromatic rings. The largest absolute Gasteiger partial charge is 0.481 e. The number of nitrogens with one attached hydrogen (secondary N) is 1. The van der Waals surface area contributed by atoms with E-state index < -0.39 is 5.97 Å². The molecule has 0 saturated heterocycles. The molecular formula is C14H21N3O3. The number of hydrogen-bond acceptors (Lipinski definition) is 3. The molecule has 0 aliphatic heterocycles. The molecule has 0 bridgehead atoms. The summed E-state index contributed by atoms with van der Waals surface area (Å²) < 4.78 is 1.63. The molecule has 1 aliphatic rings. The molecule has 1 aliphatic carbocycles. The zero-order valence-corrected chi connectivity index (χ0v) is 11.9. The summed E-state index contributed by atoms with van der Waals surface area (Å²) in [4.78, 5) is 23.3. The molecule has 6 nitrogen and oxygen atoms in total. The Bertz CT molecular complexity index is 510. The van der Waals surface area contributed by atoms with Gasteiger partial charge in [0.15, 0.2) is 0 Å². The predicted molar refractivity (Wildman–Crippen MR) is 73.4 cm³/mol. The van der Waals surface area contributed by atoms with Gasteiger partial charge in [0.05, 0.1) is 17.2 Å². The van der Waals surface area contributed by atoms with E-state index in [1.165, 1.54) is 0 Å². The number of aliphatic carboxylic acids is 1. The quantitative estimate of drug-likeness (QED) is 0.848. The van der Waals surface area contributed by atoms with Crippen LogP contribution in [0.5, 0.6) is 0 Å². The van der Waals surface area contributed by atoms with Crippen LogP contribution in [0.25, 0.3) is 0 Å². The van der Waals surface area contributed by atoms with E-state index in [1.54, 1.807) is 17.9 Å². The van der Waals surface area contributed by atoms with Crippen molar-refractivity contribution < 1.29 is 14.7 Å². The summed E-state index contributed by atoms with van der Waals surface area (Å²) in [5.74, 6) is -1.20. The van der Waals surface area contributed by atoms with Crippen molar-refractivity contribution in [3.8, 4) is 0 Å². The van der Waals surface area contributed by atoms with Crippen molar-refractivity contribution in [1.29, 1.82) is 0 Å². The lowest BCUT2D eigenvalue weighted by molar-refractivity contribution is -0.142. The van der Waals surface area contributed by atoms with Crippen molar-refractivity contribution in [2.24, 2.45) is 18.9 Å². The van der Waals surface area contributed by atoms with Gasteiger partial charge >= 0.3 is 5.97 Å². The average molecular weight is 279 g/mol. The van der Waals surface area contributed by atoms with Crippen LogP contribution in [-0.4, -0.2) is 33.3 Å². The summed E-state index contributed by atoms with van der Waals surface area (Å²) in [6.45, 7) is 2.38. The minimum absolute atomic E-state index is 0.0400. The number of carbonyl (C=O) groups is 2. The fourth-order valence-electron chi connectivity index (χ4n) is 2.91. The second kappa shape index (κ2) is 6.07. The van der Waals surface area contributed by atoms with Crippen LogP contribution in [-0.2, 0) is 18.3 Å². The Kier molecular flexibility index (Phi) is 4.42. The number of carbonyl (C=O) groups excluding carboxylic acids is 1. The molecule has 6 heteroatoms. The molecular weight excluding hydrogens is 258 g/mol. The van der Waals surface area contributed by atoms with E-state index in [1.807, 2.05) is 6.92 Å². The molecule has 110 valence electrons. The molecule has 0 spiro atoms. The van der Waals surface area contributed by atoms with E-state index in [4.69, 9.17) is 5.11 Å². The van der Waals surface area contributed by atoms with Crippen molar-refractivity contribution in [1.82, 2.24) is 15.1 Å². The molecule has 1 amide bonds. The van der Waals surface area contributed by atoms with E-state index >= 15 is 0 Å².